The third-order valence-electron chi connectivity index (χ3n) is 2.93. The molecule has 0 aliphatic heterocycles. The van der Waals surface area contributed by atoms with Gasteiger partial charge in [0, 0.05) is 21.9 Å². The minimum Gasteiger partial charge on any atom is -0.376 e. The molecule has 2 aromatic rings. The van der Waals surface area contributed by atoms with E-state index in [2.05, 4.69) is 27.3 Å². The molecule has 1 aromatic heterocycles. The Morgan fingerprint density at radius 3 is 2.42 bits per heavy atom. The third kappa shape index (κ3) is 3.15. The van der Waals surface area contributed by atoms with Gasteiger partial charge in [-0.1, -0.05) is 0 Å². The second kappa shape index (κ2) is 5.59. The van der Waals surface area contributed by atoms with Crippen LogP contribution in [0.1, 0.15) is 28.3 Å². The van der Waals surface area contributed by atoms with Gasteiger partial charge in [-0.3, -0.25) is 0 Å². The summed E-state index contributed by atoms with van der Waals surface area (Å²) in [5.41, 5.74) is 1.29. The van der Waals surface area contributed by atoms with Crippen LogP contribution in [0.5, 0.6) is 0 Å². The summed E-state index contributed by atoms with van der Waals surface area (Å²) in [5, 5.41) is 3.02. The van der Waals surface area contributed by atoms with Crippen LogP contribution < -0.4 is 5.32 Å². The number of benzene rings is 1. The second-order valence-electron chi connectivity index (χ2n) is 4.48. The Labute approximate surface area is 123 Å². The van der Waals surface area contributed by atoms with E-state index in [1.165, 1.54) is 15.8 Å². The SMILES string of the molecule is Cc1cc(C(C)Nc2cc(F)c(Br)cc2F)c(C)s1. The number of aryl methyl sites for hydroxylation is 2. The molecule has 1 N–H and O–H groups in total. The summed E-state index contributed by atoms with van der Waals surface area (Å²) in [7, 11) is 0. The van der Waals surface area contributed by atoms with Gasteiger partial charge in [0.25, 0.3) is 0 Å². The molecule has 0 aliphatic carbocycles. The number of anilines is 1. The summed E-state index contributed by atoms with van der Waals surface area (Å²) in [6.45, 7) is 6.01. The number of thiophene rings is 1. The van der Waals surface area contributed by atoms with Gasteiger partial charge in [0.1, 0.15) is 11.6 Å². The molecule has 0 fully saturated rings. The smallest absolute Gasteiger partial charge is 0.147 e. The normalized spacial score (nSPS) is 12.5. The summed E-state index contributed by atoms with van der Waals surface area (Å²) in [6.07, 6.45) is 0. The van der Waals surface area contributed by atoms with Crippen LogP contribution in [-0.2, 0) is 0 Å². The molecular formula is C14H14BrF2NS. The van der Waals surface area contributed by atoms with Crippen molar-refractivity contribution in [3.8, 4) is 0 Å². The van der Waals surface area contributed by atoms with E-state index in [4.69, 9.17) is 0 Å². The number of rotatable bonds is 3. The second-order valence-corrected chi connectivity index (χ2v) is 6.80. The summed E-state index contributed by atoms with van der Waals surface area (Å²) >= 11 is 4.67. The van der Waals surface area contributed by atoms with Crippen molar-refractivity contribution in [1.29, 1.82) is 0 Å². The Morgan fingerprint density at radius 1 is 1.16 bits per heavy atom. The maximum absolute atomic E-state index is 13.8. The zero-order chi connectivity index (χ0) is 14.2. The first-order valence-electron chi connectivity index (χ1n) is 5.86. The Balaban J connectivity index is 2.26. The highest BCUT2D eigenvalue weighted by Crippen LogP contribution is 2.30. The van der Waals surface area contributed by atoms with Crippen molar-refractivity contribution in [2.45, 2.75) is 26.8 Å². The van der Waals surface area contributed by atoms with Crippen LogP contribution in [0.3, 0.4) is 0 Å². The molecule has 0 radical (unpaired) electrons. The Kier molecular flexibility index (Phi) is 4.26. The van der Waals surface area contributed by atoms with E-state index in [0.29, 0.717) is 0 Å². The van der Waals surface area contributed by atoms with Crippen molar-refractivity contribution in [1.82, 2.24) is 0 Å². The van der Waals surface area contributed by atoms with Crippen molar-refractivity contribution in [2.75, 3.05) is 5.32 Å². The van der Waals surface area contributed by atoms with E-state index in [9.17, 15) is 8.78 Å². The Bertz CT molecular complexity index is 610. The number of halogens is 3. The third-order valence-corrected chi connectivity index (χ3v) is 4.52. The first-order valence-corrected chi connectivity index (χ1v) is 7.47. The minimum absolute atomic E-state index is 0.0694. The zero-order valence-electron chi connectivity index (χ0n) is 10.9. The lowest BCUT2D eigenvalue weighted by atomic mass is 10.1. The van der Waals surface area contributed by atoms with Crippen molar-refractivity contribution >= 4 is 33.0 Å². The van der Waals surface area contributed by atoms with Crippen LogP contribution >= 0.6 is 27.3 Å². The van der Waals surface area contributed by atoms with Gasteiger partial charge < -0.3 is 5.32 Å². The zero-order valence-corrected chi connectivity index (χ0v) is 13.3. The lowest BCUT2D eigenvalue weighted by Crippen LogP contribution is -2.08. The molecular weight excluding hydrogens is 332 g/mol. The Hall–Kier alpha value is -0.940. The molecule has 1 unspecified atom stereocenters. The minimum atomic E-state index is -0.477. The fourth-order valence-electron chi connectivity index (χ4n) is 2.02. The molecule has 1 atom stereocenters. The highest BCUT2D eigenvalue weighted by Gasteiger charge is 2.14. The molecule has 19 heavy (non-hydrogen) atoms. The molecule has 1 nitrogen and oxygen atoms in total. The van der Waals surface area contributed by atoms with Crippen LogP contribution in [-0.4, -0.2) is 0 Å². The molecule has 102 valence electrons. The van der Waals surface area contributed by atoms with E-state index in [-0.39, 0.29) is 16.2 Å². The van der Waals surface area contributed by atoms with Gasteiger partial charge in [0.05, 0.1) is 10.2 Å². The van der Waals surface area contributed by atoms with Gasteiger partial charge >= 0.3 is 0 Å². The molecule has 2 rings (SSSR count). The lowest BCUT2D eigenvalue weighted by Gasteiger charge is -2.16. The van der Waals surface area contributed by atoms with E-state index in [1.54, 1.807) is 11.3 Å². The summed E-state index contributed by atoms with van der Waals surface area (Å²) < 4.78 is 27.3. The monoisotopic (exact) mass is 345 g/mol. The quantitative estimate of drug-likeness (QED) is 0.716. The van der Waals surface area contributed by atoms with Crippen molar-refractivity contribution < 1.29 is 8.78 Å². The first-order chi connectivity index (χ1) is 8.88. The Morgan fingerprint density at radius 2 is 1.84 bits per heavy atom. The van der Waals surface area contributed by atoms with Crippen molar-refractivity contribution in [3.63, 3.8) is 0 Å². The molecule has 1 aromatic carbocycles. The van der Waals surface area contributed by atoms with Gasteiger partial charge in [0.15, 0.2) is 0 Å². The standard InChI is InChI=1S/C14H14BrF2NS/c1-7-4-10(9(3)19-7)8(2)18-14-6-12(16)11(15)5-13(14)17/h4-6,8,18H,1-3H3. The van der Waals surface area contributed by atoms with Crippen molar-refractivity contribution in [3.05, 3.63) is 49.6 Å². The van der Waals surface area contributed by atoms with Crippen molar-refractivity contribution in [2.24, 2.45) is 0 Å². The maximum atomic E-state index is 13.8. The average Bonchev–Trinajstić information content (AvgIpc) is 2.65. The van der Waals surface area contributed by atoms with Gasteiger partial charge in [0.2, 0.25) is 0 Å². The van der Waals surface area contributed by atoms with E-state index >= 15 is 0 Å². The predicted molar refractivity (Wildman–Crippen MR) is 79.9 cm³/mol. The van der Waals surface area contributed by atoms with Gasteiger partial charge in [-0.25, -0.2) is 8.78 Å². The van der Waals surface area contributed by atoms with Gasteiger partial charge in [-0.05, 0) is 54.4 Å². The first kappa shape index (κ1) is 14.5. The molecule has 1 heterocycles. The summed E-state index contributed by atoms with van der Waals surface area (Å²) in [5.74, 6) is -0.945. The van der Waals surface area contributed by atoms with Gasteiger partial charge in [-0.15, -0.1) is 11.3 Å². The molecule has 0 amide bonds. The van der Waals surface area contributed by atoms with Crippen LogP contribution in [0.2, 0.25) is 0 Å². The maximum Gasteiger partial charge on any atom is 0.147 e. The number of hydrogen-bond acceptors (Lipinski definition) is 2. The molecule has 0 spiro atoms. The van der Waals surface area contributed by atoms with E-state index < -0.39 is 11.6 Å². The van der Waals surface area contributed by atoms with Gasteiger partial charge in [-0.2, -0.15) is 0 Å². The number of hydrogen-bond donors (Lipinski definition) is 1. The van der Waals surface area contributed by atoms with Crippen LogP contribution in [0.4, 0.5) is 14.5 Å². The summed E-state index contributed by atoms with van der Waals surface area (Å²) in [4.78, 5) is 2.40. The fraction of sp³-hybridized carbons (Fsp3) is 0.286. The van der Waals surface area contributed by atoms with Crippen LogP contribution in [0.25, 0.3) is 0 Å². The fourth-order valence-corrected chi connectivity index (χ4v) is 3.36. The van der Waals surface area contributed by atoms with Crippen LogP contribution in [0, 0.1) is 25.5 Å². The molecule has 0 saturated heterocycles. The molecule has 5 heteroatoms. The molecule has 0 aliphatic rings. The van der Waals surface area contributed by atoms with E-state index in [1.807, 2.05) is 20.8 Å². The topological polar surface area (TPSA) is 12.0 Å². The van der Waals surface area contributed by atoms with E-state index in [0.717, 1.165) is 11.6 Å². The average molecular weight is 346 g/mol. The highest BCUT2D eigenvalue weighted by atomic mass is 79.9. The predicted octanol–water partition coefficient (Wildman–Crippen LogP) is 5.58. The largest absolute Gasteiger partial charge is 0.376 e. The molecule has 0 bridgehead atoms. The highest BCUT2D eigenvalue weighted by molar-refractivity contribution is 9.10. The van der Waals surface area contributed by atoms with Crippen LogP contribution in [0.15, 0.2) is 22.7 Å². The number of nitrogens with one attached hydrogen (secondary N) is 1. The summed E-state index contributed by atoms with van der Waals surface area (Å²) in [6, 6.07) is 4.31. The molecule has 0 saturated carbocycles. The lowest BCUT2D eigenvalue weighted by molar-refractivity contribution is 0.595.